The largest absolute Gasteiger partial charge is 0.494 e. The van der Waals surface area contributed by atoms with Crippen LogP contribution in [0.5, 0.6) is 11.5 Å². The van der Waals surface area contributed by atoms with Gasteiger partial charge in [-0.2, -0.15) is 0 Å². The van der Waals surface area contributed by atoms with Crippen LogP contribution in [0.1, 0.15) is 68.6 Å². The number of nitrogens with one attached hydrogen (secondary N) is 2. The van der Waals surface area contributed by atoms with Crippen LogP contribution in [0.15, 0.2) is 84.9 Å². The van der Waals surface area contributed by atoms with Crippen molar-refractivity contribution in [2.24, 2.45) is 0 Å². The number of anilines is 3. The molecular weight excluding hydrogens is 848 g/mol. The van der Waals surface area contributed by atoms with Crippen molar-refractivity contribution in [1.29, 1.82) is 0 Å². The van der Waals surface area contributed by atoms with Crippen LogP contribution >= 0.6 is 46.4 Å². The molecule has 0 spiro atoms. The minimum atomic E-state index is 0.0809. The maximum Gasteiger partial charge on any atom is 0.224 e. The summed E-state index contributed by atoms with van der Waals surface area (Å²) >= 11 is 24.6. The van der Waals surface area contributed by atoms with Gasteiger partial charge in [0.05, 0.1) is 44.7 Å². The van der Waals surface area contributed by atoms with Crippen molar-refractivity contribution >= 4 is 69.4 Å². The molecule has 2 saturated heterocycles. The van der Waals surface area contributed by atoms with E-state index in [1.165, 1.54) is 35.1 Å². The first-order valence-corrected chi connectivity index (χ1v) is 23.5. The highest BCUT2D eigenvalue weighted by atomic mass is 35.5. The van der Waals surface area contributed by atoms with Gasteiger partial charge in [-0.3, -0.25) is 9.69 Å². The number of ether oxygens (including phenoxy) is 2. The number of piperazine rings is 2. The molecule has 8 rings (SSSR count). The maximum absolute atomic E-state index is 11.5. The van der Waals surface area contributed by atoms with Gasteiger partial charge in [0.15, 0.2) is 0 Å². The van der Waals surface area contributed by atoms with Crippen molar-refractivity contribution in [3.8, 4) is 11.5 Å². The second-order valence-electron chi connectivity index (χ2n) is 16.0. The van der Waals surface area contributed by atoms with Gasteiger partial charge in [-0.1, -0.05) is 103 Å². The molecule has 3 heterocycles. The van der Waals surface area contributed by atoms with Crippen molar-refractivity contribution in [2.75, 3.05) is 87.2 Å². The monoisotopic (exact) mass is 907 g/mol. The van der Waals surface area contributed by atoms with Gasteiger partial charge in [-0.25, -0.2) is 0 Å². The molecule has 61 heavy (non-hydrogen) atoms. The first-order valence-electron chi connectivity index (χ1n) is 22.0. The van der Waals surface area contributed by atoms with Gasteiger partial charge in [0.25, 0.3) is 0 Å². The summed E-state index contributed by atoms with van der Waals surface area (Å²) in [5, 5.41) is 8.77. The number of allylic oxidation sites excluding steroid dienone is 1. The van der Waals surface area contributed by atoms with E-state index in [2.05, 4.69) is 63.1 Å². The lowest BCUT2D eigenvalue weighted by atomic mass is 9.89. The van der Waals surface area contributed by atoms with Crippen molar-refractivity contribution in [3.63, 3.8) is 0 Å². The summed E-state index contributed by atoms with van der Waals surface area (Å²) < 4.78 is 11.7. The molecule has 328 valence electrons. The van der Waals surface area contributed by atoms with Crippen LogP contribution in [-0.2, 0) is 24.1 Å². The second kappa shape index (κ2) is 24.3. The number of aryl methyl sites for hydroxylation is 2. The van der Waals surface area contributed by atoms with Crippen molar-refractivity contribution in [3.05, 3.63) is 122 Å². The Morgan fingerprint density at radius 1 is 0.639 bits per heavy atom. The third kappa shape index (κ3) is 14.2. The SMILES string of the molecule is C=C1CCc2ccc(OCCCCC)cc2C1.Clc1cccc(N2CCNCC2)c1Cl.O=C1CCc2ccc(OCCCCN3CCN(c4cccc(Cl)c4Cl)CC3)cc2N1. The number of carbonyl (C=O) groups is 1. The highest BCUT2D eigenvalue weighted by Gasteiger charge is 2.20. The molecular formula is C49H61Cl4N5O3. The lowest BCUT2D eigenvalue weighted by Crippen LogP contribution is -2.46. The van der Waals surface area contributed by atoms with Crippen LogP contribution in [0.3, 0.4) is 0 Å². The quantitative estimate of drug-likeness (QED) is 0.102. The fraction of sp³-hybridized carbons (Fsp3) is 0.449. The molecule has 8 nitrogen and oxygen atoms in total. The molecule has 3 aliphatic heterocycles. The van der Waals surface area contributed by atoms with E-state index in [4.69, 9.17) is 55.9 Å². The van der Waals surface area contributed by atoms with E-state index < -0.39 is 0 Å². The number of benzene rings is 4. The number of fused-ring (bicyclic) bond motifs is 2. The summed E-state index contributed by atoms with van der Waals surface area (Å²) in [6.45, 7) is 16.8. The zero-order valence-corrected chi connectivity index (χ0v) is 38.6. The van der Waals surface area contributed by atoms with E-state index in [1.54, 1.807) is 0 Å². The average molecular weight is 910 g/mol. The van der Waals surface area contributed by atoms with E-state index in [0.717, 1.165) is 139 Å². The van der Waals surface area contributed by atoms with Crippen LogP contribution in [0.25, 0.3) is 0 Å². The number of hydrogen-bond donors (Lipinski definition) is 2. The maximum atomic E-state index is 11.5. The van der Waals surface area contributed by atoms with Crippen molar-refractivity contribution < 1.29 is 14.3 Å². The van der Waals surface area contributed by atoms with Gasteiger partial charge in [-0.05, 0) is 111 Å². The zero-order chi connectivity index (χ0) is 43.0. The van der Waals surface area contributed by atoms with Gasteiger partial charge in [-0.15, -0.1) is 0 Å². The topological polar surface area (TPSA) is 69.3 Å². The van der Waals surface area contributed by atoms with Gasteiger partial charge >= 0.3 is 0 Å². The number of amides is 1. The minimum absolute atomic E-state index is 0.0809. The Morgan fingerprint density at radius 3 is 1.89 bits per heavy atom. The summed E-state index contributed by atoms with van der Waals surface area (Å²) in [4.78, 5) is 18.6. The first-order chi connectivity index (χ1) is 29.7. The summed E-state index contributed by atoms with van der Waals surface area (Å²) in [6.07, 6.45) is 10.4. The zero-order valence-electron chi connectivity index (χ0n) is 35.6. The number of hydrogen-bond acceptors (Lipinski definition) is 7. The third-order valence-corrected chi connectivity index (χ3v) is 13.1. The minimum Gasteiger partial charge on any atom is -0.494 e. The van der Waals surface area contributed by atoms with Crippen LogP contribution in [-0.4, -0.2) is 82.9 Å². The van der Waals surface area contributed by atoms with Gasteiger partial charge in [0.1, 0.15) is 11.5 Å². The van der Waals surface area contributed by atoms with Crippen LogP contribution in [0.2, 0.25) is 20.1 Å². The number of halogens is 4. The Labute approximate surface area is 383 Å². The fourth-order valence-electron chi connectivity index (χ4n) is 7.97. The molecule has 4 aromatic carbocycles. The number of nitrogens with zero attached hydrogens (tertiary/aromatic N) is 3. The molecule has 0 unspecified atom stereocenters. The average Bonchev–Trinajstić information content (AvgIpc) is 3.28. The van der Waals surface area contributed by atoms with Crippen LogP contribution < -0.4 is 29.9 Å². The summed E-state index contributed by atoms with van der Waals surface area (Å²) in [6, 6.07) is 24.1. The van der Waals surface area contributed by atoms with Crippen LogP contribution in [0.4, 0.5) is 17.1 Å². The van der Waals surface area contributed by atoms with E-state index in [1.807, 2.05) is 48.5 Å². The summed E-state index contributed by atoms with van der Waals surface area (Å²) in [7, 11) is 0. The predicted octanol–water partition coefficient (Wildman–Crippen LogP) is 11.6. The van der Waals surface area contributed by atoms with Gasteiger partial charge < -0.3 is 29.9 Å². The Balaban J connectivity index is 0.000000169. The third-order valence-electron chi connectivity index (χ3n) is 11.5. The molecule has 4 aliphatic rings. The molecule has 12 heteroatoms. The summed E-state index contributed by atoms with van der Waals surface area (Å²) in [5.41, 5.74) is 8.37. The molecule has 2 fully saturated rings. The molecule has 4 aromatic rings. The highest BCUT2D eigenvalue weighted by molar-refractivity contribution is 6.44. The van der Waals surface area contributed by atoms with E-state index >= 15 is 0 Å². The molecule has 0 saturated carbocycles. The van der Waals surface area contributed by atoms with Gasteiger partial charge in [0, 0.05) is 70.5 Å². The highest BCUT2D eigenvalue weighted by Crippen LogP contribution is 2.34. The molecule has 2 N–H and O–H groups in total. The first kappa shape index (κ1) is 46.9. The lowest BCUT2D eigenvalue weighted by molar-refractivity contribution is -0.116. The number of carbonyl (C=O) groups excluding carboxylic acids is 1. The molecule has 0 bridgehead atoms. The Morgan fingerprint density at radius 2 is 1.23 bits per heavy atom. The molecule has 0 atom stereocenters. The molecule has 1 aliphatic carbocycles. The smallest absolute Gasteiger partial charge is 0.224 e. The normalized spacial score (nSPS) is 16.3. The Hall–Kier alpha value is -3.63. The molecule has 0 radical (unpaired) electrons. The lowest BCUT2D eigenvalue weighted by Gasteiger charge is -2.36. The molecule has 1 amide bonds. The fourth-order valence-corrected chi connectivity index (χ4v) is 8.80. The number of rotatable bonds is 13. The van der Waals surface area contributed by atoms with Crippen molar-refractivity contribution in [1.82, 2.24) is 10.2 Å². The van der Waals surface area contributed by atoms with E-state index in [-0.39, 0.29) is 5.91 Å². The molecule has 0 aromatic heterocycles. The summed E-state index contributed by atoms with van der Waals surface area (Å²) in [5.74, 6) is 1.93. The van der Waals surface area contributed by atoms with E-state index in [9.17, 15) is 4.79 Å². The van der Waals surface area contributed by atoms with E-state index in [0.29, 0.717) is 33.1 Å². The standard InChI is InChI=1S/C23H27Cl2N3O2.C16H22O.C10H12Cl2N2/c24-19-4-3-5-21(23(19)25)28-13-11-27(12-14-28)10-1-2-15-30-18-8-6-17-7-9-22(29)26-20(17)16-18;1-3-4-5-10-17-16-9-8-14-7-6-13(2)11-15(14)12-16;11-8-2-1-3-9(10(8)12)14-6-4-13-5-7-14/h3-6,8,16H,1-2,7,9-15H2,(H,26,29);8-9,12H,2-7,10-11H2,1H3;1-3,13H,4-7H2. The van der Waals surface area contributed by atoms with Crippen molar-refractivity contribution in [2.45, 2.75) is 71.1 Å². The van der Waals surface area contributed by atoms with Crippen LogP contribution in [0, 0.1) is 0 Å². The Kier molecular flexibility index (Phi) is 18.7. The predicted molar refractivity (Wildman–Crippen MR) is 257 cm³/mol. The van der Waals surface area contributed by atoms with Gasteiger partial charge in [0.2, 0.25) is 5.91 Å². The number of unbranched alkanes of at least 4 members (excludes halogenated alkanes) is 3. The second-order valence-corrected chi connectivity index (χ2v) is 17.6. The Bertz CT molecular complexity index is 2050.